The Kier molecular flexibility index (Phi) is 5.78. The van der Waals surface area contributed by atoms with Crippen molar-refractivity contribution in [2.24, 2.45) is 5.92 Å². The van der Waals surface area contributed by atoms with Crippen LogP contribution in [0.4, 0.5) is 4.39 Å². The lowest BCUT2D eigenvalue weighted by Crippen LogP contribution is -2.46. The van der Waals surface area contributed by atoms with Gasteiger partial charge in [0, 0.05) is 23.7 Å². The third-order valence-corrected chi connectivity index (χ3v) is 9.53. The smallest absolute Gasteiger partial charge is 0.252 e. The lowest BCUT2D eigenvalue weighted by Gasteiger charge is -2.33. The van der Waals surface area contributed by atoms with Crippen molar-refractivity contribution < 1.29 is 17.6 Å². The SMILES string of the molecule is O=C(N[C@@H]1CCSc2ccc(F)cc21)[C@H]1CCCN(S(=O)(=O)c2cccs2)C1. The van der Waals surface area contributed by atoms with E-state index in [0.29, 0.717) is 23.6 Å². The number of rotatable bonds is 4. The number of hydrogen-bond acceptors (Lipinski definition) is 5. The van der Waals surface area contributed by atoms with E-state index in [1.165, 1.54) is 27.8 Å². The van der Waals surface area contributed by atoms with Gasteiger partial charge in [-0.05, 0) is 54.5 Å². The number of carbonyl (C=O) groups excluding carboxylic acids is 1. The summed E-state index contributed by atoms with van der Waals surface area (Å²) in [6.45, 7) is 0.613. The molecule has 2 atom stereocenters. The molecule has 0 radical (unpaired) electrons. The third kappa shape index (κ3) is 3.98. The molecule has 150 valence electrons. The molecule has 2 aliphatic rings. The van der Waals surface area contributed by atoms with Crippen molar-refractivity contribution in [1.29, 1.82) is 0 Å². The molecule has 3 heterocycles. The Hall–Kier alpha value is -1.42. The molecule has 1 N–H and O–H groups in total. The number of benzene rings is 1. The van der Waals surface area contributed by atoms with Crippen LogP contribution in [0.3, 0.4) is 0 Å². The zero-order valence-electron chi connectivity index (χ0n) is 15.1. The monoisotopic (exact) mass is 440 g/mol. The van der Waals surface area contributed by atoms with Gasteiger partial charge in [0.05, 0.1) is 12.0 Å². The number of halogens is 1. The predicted molar refractivity (Wildman–Crippen MR) is 108 cm³/mol. The van der Waals surface area contributed by atoms with Gasteiger partial charge >= 0.3 is 0 Å². The summed E-state index contributed by atoms with van der Waals surface area (Å²) in [6.07, 6.45) is 2.03. The van der Waals surface area contributed by atoms with Gasteiger partial charge in [-0.15, -0.1) is 23.1 Å². The number of thiophene rings is 1. The Balaban J connectivity index is 1.47. The number of thioether (sulfide) groups is 1. The highest BCUT2D eigenvalue weighted by atomic mass is 32.2. The minimum absolute atomic E-state index is 0.154. The van der Waals surface area contributed by atoms with Crippen LogP contribution in [-0.4, -0.2) is 37.5 Å². The van der Waals surface area contributed by atoms with Crippen LogP contribution in [0.2, 0.25) is 0 Å². The van der Waals surface area contributed by atoms with Crippen LogP contribution in [0, 0.1) is 11.7 Å². The standard InChI is InChI=1S/C19H21FN2O3S3/c20-14-5-6-17-15(11-14)16(7-10-26-17)21-19(23)13-3-1-8-22(12-13)28(24,25)18-4-2-9-27-18/h2,4-6,9,11,13,16H,1,3,7-8,10,12H2,(H,21,23)/t13-,16+/m0/s1. The molecule has 1 saturated heterocycles. The van der Waals surface area contributed by atoms with E-state index in [9.17, 15) is 17.6 Å². The average molecular weight is 441 g/mol. The first-order valence-electron chi connectivity index (χ1n) is 9.21. The fourth-order valence-electron chi connectivity index (χ4n) is 3.72. The molecule has 5 nitrogen and oxygen atoms in total. The van der Waals surface area contributed by atoms with Gasteiger partial charge in [-0.25, -0.2) is 12.8 Å². The molecule has 0 unspecified atom stereocenters. The van der Waals surface area contributed by atoms with Gasteiger partial charge in [-0.1, -0.05) is 6.07 Å². The fraction of sp³-hybridized carbons (Fsp3) is 0.421. The molecule has 4 rings (SSSR count). The quantitative estimate of drug-likeness (QED) is 0.788. The van der Waals surface area contributed by atoms with Crippen LogP contribution in [0.15, 0.2) is 44.8 Å². The minimum Gasteiger partial charge on any atom is -0.349 e. The van der Waals surface area contributed by atoms with Crippen molar-refractivity contribution in [1.82, 2.24) is 9.62 Å². The molecule has 0 aliphatic carbocycles. The number of sulfonamides is 1. The number of piperidine rings is 1. The molecular formula is C19H21FN2O3S3. The molecule has 1 aromatic heterocycles. The Morgan fingerprint density at radius 1 is 1.25 bits per heavy atom. The third-order valence-electron chi connectivity index (χ3n) is 5.17. The highest BCUT2D eigenvalue weighted by molar-refractivity contribution is 7.99. The van der Waals surface area contributed by atoms with Gasteiger partial charge in [0.25, 0.3) is 10.0 Å². The second kappa shape index (κ2) is 8.14. The lowest BCUT2D eigenvalue weighted by molar-refractivity contribution is -0.126. The first-order chi connectivity index (χ1) is 13.4. The van der Waals surface area contributed by atoms with Crippen LogP contribution in [-0.2, 0) is 14.8 Å². The van der Waals surface area contributed by atoms with Gasteiger partial charge in [0.15, 0.2) is 0 Å². The summed E-state index contributed by atoms with van der Waals surface area (Å²) in [7, 11) is -3.55. The van der Waals surface area contributed by atoms with Crippen LogP contribution < -0.4 is 5.32 Å². The van der Waals surface area contributed by atoms with E-state index in [1.807, 2.05) is 0 Å². The maximum absolute atomic E-state index is 13.7. The molecule has 28 heavy (non-hydrogen) atoms. The summed E-state index contributed by atoms with van der Waals surface area (Å²) >= 11 is 2.85. The van der Waals surface area contributed by atoms with Crippen molar-refractivity contribution in [3.05, 3.63) is 47.1 Å². The topological polar surface area (TPSA) is 66.5 Å². The van der Waals surface area contributed by atoms with E-state index in [4.69, 9.17) is 0 Å². The zero-order chi connectivity index (χ0) is 19.7. The van der Waals surface area contributed by atoms with E-state index in [2.05, 4.69) is 5.32 Å². The van der Waals surface area contributed by atoms with E-state index in [1.54, 1.807) is 35.3 Å². The van der Waals surface area contributed by atoms with Gasteiger partial charge in [0.1, 0.15) is 10.0 Å². The van der Waals surface area contributed by atoms with Crippen LogP contribution in [0.25, 0.3) is 0 Å². The van der Waals surface area contributed by atoms with E-state index in [0.717, 1.165) is 22.6 Å². The Labute approximate surface area is 172 Å². The number of nitrogens with zero attached hydrogens (tertiary/aromatic N) is 1. The average Bonchev–Trinajstić information content (AvgIpc) is 3.24. The molecule has 1 fully saturated rings. The van der Waals surface area contributed by atoms with E-state index in [-0.39, 0.29) is 24.3 Å². The maximum Gasteiger partial charge on any atom is 0.252 e. The molecule has 2 aliphatic heterocycles. The Morgan fingerprint density at radius 2 is 2.11 bits per heavy atom. The molecular weight excluding hydrogens is 419 g/mol. The van der Waals surface area contributed by atoms with Crippen LogP contribution >= 0.6 is 23.1 Å². The normalized spacial score (nSPS) is 23.2. The highest BCUT2D eigenvalue weighted by Crippen LogP contribution is 2.37. The van der Waals surface area contributed by atoms with Crippen LogP contribution in [0.5, 0.6) is 0 Å². The molecule has 9 heteroatoms. The van der Waals surface area contributed by atoms with E-state index < -0.39 is 15.9 Å². The molecule has 0 spiro atoms. The Bertz CT molecular complexity index is 963. The van der Waals surface area contributed by atoms with Crippen LogP contribution in [0.1, 0.15) is 30.9 Å². The van der Waals surface area contributed by atoms with Gasteiger partial charge in [0.2, 0.25) is 5.91 Å². The number of nitrogens with one attached hydrogen (secondary N) is 1. The van der Waals surface area contributed by atoms with Gasteiger partial charge in [-0.3, -0.25) is 4.79 Å². The first-order valence-corrected chi connectivity index (χ1v) is 12.5. The number of fused-ring (bicyclic) bond motifs is 1. The second-order valence-electron chi connectivity index (χ2n) is 7.01. The fourth-order valence-corrected chi connectivity index (χ4v) is 7.49. The minimum atomic E-state index is -3.55. The summed E-state index contributed by atoms with van der Waals surface area (Å²) in [5, 5.41) is 4.78. The molecule has 2 aromatic rings. The predicted octanol–water partition coefficient (Wildman–Crippen LogP) is 3.64. The lowest BCUT2D eigenvalue weighted by atomic mass is 9.97. The highest BCUT2D eigenvalue weighted by Gasteiger charge is 2.35. The first kappa shape index (κ1) is 19.9. The number of amides is 1. The zero-order valence-corrected chi connectivity index (χ0v) is 17.6. The molecule has 1 aromatic carbocycles. The number of carbonyl (C=O) groups is 1. The van der Waals surface area contributed by atoms with Crippen molar-refractivity contribution in [2.45, 2.75) is 34.4 Å². The second-order valence-corrected chi connectivity index (χ2v) is 11.3. The molecule has 0 bridgehead atoms. The summed E-state index contributed by atoms with van der Waals surface area (Å²) < 4.78 is 40.9. The van der Waals surface area contributed by atoms with Crippen molar-refractivity contribution in [3.63, 3.8) is 0 Å². The Morgan fingerprint density at radius 3 is 2.89 bits per heavy atom. The van der Waals surface area contributed by atoms with Gasteiger partial charge < -0.3 is 5.32 Å². The van der Waals surface area contributed by atoms with Gasteiger partial charge in [-0.2, -0.15) is 4.31 Å². The number of hydrogen-bond donors (Lipinski definition) is 1. The van der Waals surface area contributed by atoms with E-state index >= 15 is 0 Å². The summed E-state index contributed by atoms with van der Waals surface area (Å²) in [4.78, 5) is 13.9. The maximum atomic E-state index is 13.7. The summed E-state index contributed by atoms with van der Waals surface area (Å²) in [6, 6.07) is 7.75. The van der Waals surface area contributed by atoms with Crippen molar-refractivity contribution >= 4 is 39.0 Å². The largest absolute Gasteiger partial charge is 0.349 e. The summed E-state index contributed by atoms with van der Waals surface area (Å²) in [5.74, 6) is -0.00714. The summed E-state index contributed by atoms with van der Waals surface area (Å²) in [5.41, 5.74) is 0.809. The van der Waals surface area contributed by atoms with Crippen molar-refractivity contribution in [2.75, 3.05) is 18.8 Å². The van der Waals surface area contributed by atoms with Crippen molar-refractivity contribution in [3.8, 4) is 0 Å². The molecule has 0 saturated carbocycles. The molecule has 1 amide bonds.